The van der Waals surface area contributed by atoms with Crippen LogP contribution in [0.25, 0.3) is 6.08 Å². The zero-order valence-electron chi connectivity index (χ0n) is 21.7. The van der Waals surface area contributed by atoms with Gasteiger partial charge >= 0.3 is 6.03 Å². The van der Waals surface area contributed by atoms with Crippen molar-refractivity contribution in [2.45, 2.75) is 52.0 Å². The summed E-state index contributed by atoms with van der Waals surface area (Å²) in [7, 11) is 1.57. The Bertz CT molecular complexity index is 1330. The molecule has 3 aliphatic heterocycles. The summed E-state index contributed by atoms with van der Waals surface area (Å²) in [5, 5.41) is 2.28. The maximum atomic E-state index is 13.5. The zero-order chi connectivity index (χ0) is 26.5. The molecule has 194 valence electrons. The fraction of sp³-hybridized carbons (Fsp3) is 0.393. The molecular weight excluding hydrogens is 474 g/mol. The van der Waals surface area contributed by atoms with Crippen LogP contribution in [0.3, 0.4) is 0 Å². The van der Waals surface area contributed by atoms with Gasteiger partial charge in [-0.05, 0) is 62.4 Å². The number of hydrogen-bond acceptors (Lipinski definition) is 7. The highest BCUT2D eigenvalue weighted by molar-refractivity contribution is 6.39. The normalized spacial score (nSPS) is 21.3. The molecule has 5 rings (SSSR count). The van der Waals surface area contributed by atoms with Crippen molar-refractivity contribution in [3.05, 3.63) is 47.0 Å². The number of benzene rings is 2. The predicted molar refractivity (Wildman–Crippen MR) is 139 cm³/mol. The molecule has 4 amide bonds. The van der Waals surface area contributed by atoms with Gasteiger partial charge in [0, 0.05) is 35.5 Å². The Morgan fingerprint density at radius 1 is 1.14 bits per heavy atom. The minimum Gasteiger partial charge on any atom is -0.496 e. The summed E-state index contributed by atoms with van der Waals surface area (Å²) in [5.74, 6) is 0.273. The summed E-state index contributed by atoms with van der Waals surface area (Å²) in [4.78, 5) is 42.3. The van der Waals surface area contributed by atoms with E-state index in [1.165, 1.54) is 6.08 Å². The van der Waals surface area contributed by atoms with Gasteiger partial charge in [-0.3, -0.25) is 14.9 Å². The number of barbiturate groups is 1. The van der Waals surface area contributed by atoms with E-state index < -0.39 is 17.8 Å². The second-order valence-electron chi connectivity index (χ2n) is 10.2. The molecule has 9 nitrogen and oxygen atoms in total. The largest absolute Gasteiger partial charge is 0.496 e. The standard InChI is InChI=1S/C28H31N3O6/c1-6-9-30-21-13-23(35-5)17(10-19(21)16(2)14-28(30,3)4)11-20-25(32)29-27(34)31(26(20)33)18-7-8-22-24(12-18)37-15-36-22/h7-8,10-13,16H,6,9,14-15H2,1-5H3,(H,29,32,34)/b20-11-. The summed E-state index contributed by atoms with van der Waals surface area (Å²) in [6, 6.07) is 7.89. The van der Waals surface area contributed by atoms with Crippen molar-refractivity contribution in [2.24, 2.45) is 0 Å². The first kappa shape index (κ1) is 24.7. The van der Waals surface area contributed by atoms with Crippen molar-refractivity contribution in [1.29, 1.82) is 0 Å². The molecule has 1 atom stereocenters. The third kappa shape index (κ3) is 4.18. The first-order valence-electron chi connectivity index (χ1n) is 12.4. The van der Waals surface area contributed by atoms with E-state index in [9.17, 15) is 14.4 Å². The van der Waals surface area contributed by atoms with Gasteiger partial charge in [0.1, 0.15) is 11.3 Å². The van der Waals surface area contributed by atoms with Gasteiger partial charge in [0.2, 0.25) is 6.79 Å². The van der Waals surface area contributed by atoms with Gasteiger partial charge < -0.3 is 19.1 Å². The van der Waals surface area contributed by atoms with Crippen LogP contribution in [0, 0.1) is 0 Å². The molecule has 3 aliphatic rings. The Morgan fingerprint density at radius 2 is 1.89 bits per heavy atom. The highest BCUT2D eigenvalue weighted by Crippen LogP contribution is 2.46. The molecule has 0 saturated carbocycles. The first-order chi connectivity index (χ1) is 17.6. The molecule has 0 bridgehead atoms. The van der Waals surface area contributed by atoms with E-state index in [1.54, 1.807) is 25.3 Å². The number of anilines is 2. The van der Waals surface area contributed by atoms with E-state index in [0.29, 0.717) is 22.8 Å². The number of ether oxygens (including phenoxy) is 3. The number of fused-ring (bicyclic) bond motifs is 2. The van der Waals surface area contributed by atoms with E-state index in [0.717, 1.165) is 35.5 Å². The lowest BCUT2D eigenvalue weighted by molar-refractivity contribution is -0.122. The summed E-state index contributed by atoms with van der Waals surface area (Å²) >= 11 is 0. The molecule has 9 heteroatoms. The molecule has 37 heavy (non-hydrogen) atoms. The maximum Gasteiger partial charge on any atom is 0.335 e. The van der Waals surface area contributed by atoms with Crippen molar-refractivity contribution in [3.8, 4) is 17.2 Å². The van der Waals surface area contributed by atoms with Gasteiger partial charge in [0.05, 0.1) is 12.8 Å². The summed E-state index contributed by atoms with van der Waals surface area (Å²) in [6.07, 6.45) is 3.47. The van der Waals surface area contributed by atoms with Crippen LogP contribution in [0.4, 0.5) is 16.2 Å². The molecule has 1 unspecified atom stereocenters. The number of nitrogens with one attached hydrogen (secondary N) is 1. The second kappa shape index (κ2) is 9.14. The monoisotopic (exact) mass is 505 g/mol. The average molecular weight is 506 g/mol. The van der Waals surface area contributed by atoms with Crippen molar-refractivity contribution >= 4 is 35.3 Å². The number of carbonyl (C=O) groups is 3. The molecule has 0 aliphatic carbocycles. The molecule has 0 radical (unpaired) electrons. The van der Waals surface area contributed by atoms with Gasteiger partial charge in [-0.2, -0.15) is 0 Å². The van der Waals surface area contributed by atoms with E-state index in [4.69, 9.17) is 14.2 Å². The number of nitrogens with zero attached hydrogens (tertiary/aromatic N) is 2. The van der Waals surface area contributed by atoms with Crippen LogP contribution in [0.2, 0.25) is 0 Å². The molecule has 2 aromatic rings. The van der Waals surface area contributed by atoms with Crippen molar-refractivity contribution < 1.29 is 28.6 Å². The van der Waals surface area contributed by atoms with E-state index in [1.807, 2.05) is 12.1 Å². The third-order valence-corrected chi connectivity index (χ3v) is 7.20. The molecule has 1 fully saturated rings. The Morgan fingerprint density at radius 3 is 2.62 bits per heavy atom. The number of imide groups is 2. The molecule has 2 aromatic carbocycles. The Kier molecular flexibility index (Phi) is 6.09. The second-order valence-corrected chi connectivity index (χ2v) is 10.2. The van der Waals surface area contributed by atoms with E-state index in [-0.39, 0.29) is 29.5 Å². The summed E-state index contributed by atoms with van der Waals surface area (Å²) in [5.41, 5.74) is 2.92. The lowest BCUT2D eigenvalue weighted by atomic mass is 9.79. The number of methoxy groups -OCH3 is 1. The van der Waals surface area contributed by atoms with Gasteiger partial charge in [0.15, 0.2) is 11.5 Å². The van der Waals surface area contributed by atoms with Gasteiger partial charge in [-0.15, -0.1) is 0 Å². The van der Waals surface area contributed by atoms with Crippen LogP contribution in [0.1, 0.15) is 57.6 Å². The molecule has 1 saturated heterocycles. The van der Waals surface area contributed by atoms with Crippen molar-refractivity contribution in [3.63, 3.8) is 0 Å². The Balaban J connectivity index is 1.57. The topological polar surface area (TPSA) is 97.4 Å². The van der Waals surface area contributed by atoms with Crippen LogP contribution in [-0.4, -0.2) is 43.8 Å². The van der Waals surface area contributed by atoms with Crippen molar-refractivity contribution in [1.82, 2.24) is 5.32 Å². The predicted octanol–water partition coefficient (Wildman–Crippen LogP) is 4.59. The quantitative estimate of drug-likeness (QED) is 0.469. The van der Waals surface area contributed by atoms with Gasteiger partial charge in [0.25, 0.3) is 11.8 Å². The van der Waals surface area contributed by atoms with E-state index >= 15 is 0 Å². The SMILES string of the molecule is CCCN1c2cc(OC)c(/C=C3/C(=O)NC(=O)N(c4ccc5c(c4)OCO5)C3=O)cc2C(C)CC1(C)C. The summed E-state index contributed by atoms with van der Waals surface area (Å²) < 4.78 is 16.4. The highest BCUT2D eigenvalue weighted by Gasteiger charge is 2.39. The number of urea groups is 1. The molecule has 0 spiro atoms. The smallest absolute Gasteiger partial charge is 0.335 e. The third-order valence-electron chi connectivity index (χ3n) is 7.20. The summed E-state index contributed by atoms with van der Waals surface area (Å²) in [6.45, 7) is 9.81. The molecule has 3 heterocycles. The fourth-order valence-electron chi connectivity index (χ4n) is 5.54. The lowest BCUT2D eigenvalue weighted by Gasteiger charge is -2.48. The Labute approximate surface area is 216 Å². The number of hydrogen-bond donors (Lipinski definition) is 1. The average Bonchev–Trinajstić information content (AvgIpc) is 3.31. The van der Waals surface area contributed by atoms with E-state index in [2.05, 4.69) is 37.9 Å². The van der Waals surface area contributed by atoms with Crippen LogP contribution in [0.5, 0.6) is 17.2 Å². The molecule has 1 N–H and O–H groups in total. The molecule has 0 aromatic heterocycles. The first-order valence-corrected chi connectivity index (χ1v) is 12.4. The zero-order valence-corrected chi connectivity index (χ0v) is 21.7. The minimum absolute atomic E-state index is 0.0158. The lowest BCUT2D eigenvalue weighted by Crippen LogP contribution is -2.54. The Hall–Kier alpha value is -4.01. The van der Waals surface area contributed by atoms with Crippen LogP contribution in [-0.2, 0) is 9.59 Å². The minimum atomic E-state index is -0.825. The van der Waals surface area contributed by atoms with Gasteiger partial charge in [-0.1, -0.05) is 13.8 Å². The van der Waals surface area contributed by atoms with Crippen LogP contribution >= 0.6 is 0 Å². The molecular formula is C28H31N3O6. The van der Waals surface area contributed by atoms with Crippen molar-refractivity contribution in [2.75, 3.05) is 30.2 Å². The highest BCUT2D eigenvalue weighted by atomic mass is 16.7. The number of carbonyl (C=O) groups excluding carboxylic acids is 3. The van der Waals surface area contributed by atoms with Crippen LogP contribution in [0.15, 0.2) is 35.9 Å². The van der Waals surface area contributed by atoms with Gasteiger partial charge in [-0.25, -0.2) is 9.69 Å². The number of rotatable bonds is 5. The van der Waals surface area contributed by atoms with Crippen LogP contribution < -0.4 is 29.3 Å². The fourth-order valence-corrected chi connectivity index (χ4v) is 5.54. The number of amides is 4. The maximum absolute atomic E-state index is 13.5.